The number of nitrogens with zero attached hydrogens (tertiary/aromatic N) is 4. The molecule has 3 rings (SSSR count). The summed E-state index contributed by atoms with van der Waals surface area (Å²) in [6.07, 6.45) is 1.47. The molecule has 8 heteroatoms. The third kappa shape index (κ3) is 3.61. The van der Waals surface area contributed by atoms with Crippen LogP contribution in [0.2, 0.25) is 0 Å². The van der Waals surface area contributed by atoms with Gasteiger partial charge in [-0.25, -0.2) is 9.48 Å². The highest BCUT2D eigenvalue weighted by atomic mass is 16.5. The molecule has 0 unspecified atom stereocenters. The van der Waals surface area contributed by atoms with E-state index in [1.54, 1.807) is 48.5 Å². The van der Waals surface area contributed by atoms with Crippen molar-refractivity contribution >= 4 is 17.6 Å². The van der Waals surface area contributed by atoms with E-state index in [1.807, 2.05) is 0 Å². The number of anilines is 1. The maximum atomic E-state index is 12.2. The first kappa shape index (κ1) is 15.3. The number of hydrogen-bond acceptors (Lipinski definition) is 6. The molecule has 0 aliphatic heterocycles. The lowest BCUT2D eigenvalue weighted by atomic mass is 10.2. The molecule has 1 heterocycles. The van der Waals surface area contributed by atoms with Crippen LogP contribution in [-0.2, 0) is 4.79 Å². The Bertz CT molecular complexity index is 860. The quantitative estimate of drug-likeness (QED) is 0.581. The summed E-state index contributed by atoms with van der Waals surface area (Å²) < 4.78 is 6.81. The summed E-state index contributed by atoms with van der Waals surface area (Å²) in [5.41, 5.74) is 1.62. The summed E-state index contributed by atoms with van der Waals surface area (Å²) >= 11 is 0. The minimum Gasteiger partial charge on any atom is -0.423 e. The van der Waals surface area contributed by atoms with Crippen molar-refractivity contribution in [1.82, 2.24) is 20.2 Å². The molecule has 8 nitrogen and oxygen atoms in total. The zero-order valence-corrected chi connectivity index (χ0v) is 12.7. The number of rotatable bonds is 4. The Hall–Kier alpha value is -3.55. The topological polar surface area (TPSA) is 99.0 Å². The van der Waals surface area contributed by atoms with Gasteiger partial charge in [0.1, 0.15) is 12.1 Å². The monoisotopic (exact) mass is 323 g/mol. The number of tetrazole rings is 1. The normalized spacial score (nSPS) is 10.2. The van der Waals surface area contributed by atoms with Crippen molar-refractivity contribution in [3.05, 3.63) is 60.4 Å². The lowest BCUT2D eigenvalue weighted by Gasteiger charge is -2.07. The van der Waals surface area contributed by atoms with Gasteiger partial charge in [-0.1, -0.05) is 6.07 Å². The minimum atomic E-state index is -0.516. The molecule has 2 aromatic carbocycles. The number of carbonyl (C=O) groups is 2. The number of benzene rings is 2. The van der Waals surface area contributed by atoms with E-state index < -0.39 is 5.97 Å². The number of nitrogens with one attached hydrogen (secondary N) is 1. The van der Waals surface area contributed by atoms with Crippen molar-refractivity contribution in [3.8, 4) is 11.4 Å². The number of amides is 1. The maximum absolute atomic E-state index is 12.2. The highest BCUT2D eigenvalue weighted by Crippen LogP contribution is 2.17. The smallest absolute Gasteiger partial charge is 0.343 e. The van der Waals surface area contributed by atoms with Crippen LogP contribution in [0.25, 0.3) is 5.69 Å². The van der Waals surface area contributed by atoms with Gasteiger partial charge >= 0.3 is 5.97 Å². The molecule has 0 radical (unpaired) electrons. The molecule has 120 valence electrons. The second-order valence-corrected chi connectivity index (χ2v) is 4.90. The van der Waals surface area contributed by atoms with Gasteiger partial charge in [-0.15, -0.1) is 5.10 Å². The second-order valence-electron chi connectivity index (χ2n) is 4.90. The Morgan fingerprint density at radius 3 is 2.58 bits per heavy atom. The molecule has 3 aromatic rings. The van der Waals surface area contributed by atoms with Gasteiger partial charge in [0.25, 0.3) is 0 Å². The largest absolute Gasteiger partial charge is 0.423 e. The Morgan fingerprint density at radius 2 is 1.92 bits per heavy atom. The average molecular weight is 323 g/mol. The molecule has 0 aliphatic rings. The molecular formula is C16H13N5O3. The van der Waals surface area contributed by atoms with Gasteiger partial charge in [0.05, 0.1) is 11.3 Å². The molecule has 1 aromatic heterocycles. The number of carbonyl (C=O) groups excluding carboxylic acids is 2. The van der Waals surface area contributed by atoms with Crippen LogP contribution >= 0.6 is 0 Å². The molecule has 0 saturated heterocycles. The molecule has 0 spiro atoms. The number of ether oxygens (including phenoxy) is 1. The predicted octanol–water partition coefficient (Wildman–Crippen LogP) is 1.84. The van der Waals surface area contributed by atoms with E-state index >= 15 is 0 Å². The van der Waals surface area contributed by atoms with E-state index in [2.05, 4.69) is 20.8 Å². The standard InChI is InChI=1S/C16H13N5O3/c1-11(22)18-13-4-2-3-12(9-13)16(23)24-15-7-5-14(6-8-15)21-10-17-19-20-21/h2-10H,1H3,(H,18,22). The first-order chi connectivity index (χ1) is 11.6. The maximum Gasteiger partial charge on any atom is 0.343 e. The van der Waals surface area contributed by atoms with E-state index in [0.29, 0.717) is 17.0 Å². The molecule has 1 amide bonds. The summed E-state index contributed by atoms with van der Waals surface area (Å²) in [6.45, 7) is 1.40. The fourth-order valence-electron chi connectivity index (χ4n) is 2.04. The van der Waals surface area contributed by atoms with Crippen LogP contribution in [0.1, 0.15) is 17.3 Å². The van der Waals surface area contributed by atoms with Gasteiger partial charge in [-0.05, 0) is 52.9 Å². The van der Waals surface area contributed by atoms with Gasteiger partial charge in [-0.3, -0.25) is 4.79 Å². The first-order valence-electron chi connectivity index (χ1n) is 7.05. The lowest BCUT2D eigenvalue weighted by Crippen LogP contribution is -2.10. The van der Waals surface area contributed by atoms with Crippen molar-refractivity contribution in [3.63, 3.8) is 0 Å². The number of hydrogen-bond donors (Lipinski definition) is 1. The fraction of sp³-hybridized carbons (Fsp3) is 0.0625. The first-order valence-corrected chi connectivity index (χ1v) is 7.05. The third-order valence-electron chi connectivity index (χ3n) is 3.08. The highest BCUT2D eigenvalue weighted by molar-refractivity contribution is 5.94. The highest BCUT2D eigenvalue weighted by Gasteiger charge is 2.10. The summed E-state index contributed by atoms with van der Waals surface area (Å²) in [4.78, 5) is 23.3. The summed E-state index contributed by atoms with van der Waals surface area (Å²) in [5, 5.41) is 13.5. The second kappa shape index (κ2) is 6.69. The molecule has 0 aliphatic carbocycles. The molecule has 1 N–H and O–H groups in total. The van der Waals surface area contributed by atoms with E-state index in [1.165, 1.54) is 17.9 Å². The predicted molar refractivity (Wildman–Crippen MR) is 84.9 cm³/mol. The SMILES string of the molecule is CC(=O)Nc1cccc(C(=O)Oc2ccc(-n3cnnn3)cc2)c1. The van der Waals surface area contributed by atoms with Crippen molar-refractivity contribution in [2.75, 3.05) is 5.32 Å². The van der Waals surface area contributed by atoms with Crippen molar-refractivity contribution < 1.29 is 14.3 Å². The Balaban J connectivity index is 1.71. The average Bonchev–Trinajstić information content (AvgIpc) is 3.09. The van der Waals surface area contributed by atoms with E-state index in [0.717, 1.165) is 5.69 Å². The van der Waals surface area contributed by atoms with Gasteiger partial charge in [0, 0.05) is 12.6 Å². The Morgan fingerprint density at radius 1 is 1.12 bits per heavy atom. The van der Waals surface area contributed by atoms with Crippen LogP contribution < -0.4 is 10.1 Å². The molecular weight excluding hydrogens is 310 g/mol. The zero-order valence-electron chi connectivity index (χ0n) is 12.7. The minimum absolute atomic E-state index is 0.210. The summed E-state index contributed by atoms with van der Waals surface area (Å²) in [5.74, 6) is -0.335. The van der Waals surface area contributed by atoms with Crippen LogP contribution in [0.15, 0.2) is 54.9 Å². The van der Waals surface area contributed by atoms with Gasteiger partial charge in [0.2, 0.25) is 5.91 Å². The Kier molecular flexibility index (Phi) is 4.28. The van der Waals surface area contributed by atoms with Crippen LogP contribution in [0.3, 0.4) is 0 Å². The molecule has 24 heavy (non-hydrogen) atoms. The number of esters is 1. The summed E-state index contributed by atoms with van der Waals surface area (Å²) in [6, 6.07) is 13.3. The Labute approximate surface area is 137 Å². The van der Waals surface area contributed by atoms with E-state index in [4.69, 9.17) is 4.74 Å². The van der Waals surface area contributed by atoms with E-state index in [9.17, 15) is 9.59 Å². The molecule has 0 saturated carbocycles. The van der Waals surface area contributed by atoms with Crippen LogP contribution in [0, 0.1) is 0 Å². The molecule has 0 fully saturated rings. The van der Waals surface area contributed by atoms with Crippen LogP contribution in [0.4, 0.5) is 5.69 Å². The number of aromatic nitrogens is 4. The fourth-order valence-corrected chi connectivity index (χ4v) is 2.04. The van der Waals surface area contributed by atoms with Crippen LogP contribution in [-0.4, -0.2) is 32.1 Å². The van der Waals surface area contributed by atoms with Crippen LogP contribution in [0.5, 0.6) is 5.75 Å². The van der Waals surface area contributed by atoms with E-state index in [-0.39, 0.29) is 5.91 Å². The molecule has 0 bridgehead atoms. The van der Waals surface area contributed by atoms with Crippen molar-refractivity contribution in [2.24, 2.45) is 0 Å². The zero-order chi connectivity index (χ0) is 16.9. The third-order valence-corrected chi connectivity index (χ3v) is 3.08. The lowest BCUT2D eigenvalue weighted by molar-refractivity contribution is -0.114. The van der Waals surface area contributed by atoms with Gasteiger partial charge in [-0.2, -0.15) is 0 Å². The summed E-state index contributed by atoms with van der Waals surface area (Å²) in [7, 11) is 0. The van der Waals surface area contributed by atoms with Gasteiger partial charge in [0.15, 0.2) is 0 Å². The van der Waals surface area contributed by atoms with Crippen molar-refractivity contribution in [2.45, 2.75) is 6.92 Å². The van der Waals surface area contributed by atoms with Crippen molar-refractivity contribution in [1.29, 1.82) is 0 Å². The van der Waals surface area contributed by atoms with Gasteiger partial charge < -0.3 is 10.1 Å². The molecule has 0 atom stereocenters.